The number of ether oxygens (including phenoxy) is 1. The molecule has 0 saturated carbocycles. The zero-order valence-corrected chi connectivity index (χ0v) is 12.8. The van der Waals surface area contributed by atoms with Crippen molar-refractivity contribution in [2.45, 2.75) is 38.7 Å². The van der Waals surface area contributed by atoms with E-state index in [0.717, 1.165) is 17.7 Å². The number of benzene rings is 1. The minimum atomic E-state index is -0.383. The number of carbonyl (C=O) groups is 1. The number of aliphatic hydroxyl groups excluding tert-OH is 1. The largest absolute Gasteiger partial charge is 0.497 e. The maximum absolute atomic E-state index is 12.5. The molecule has 0 aromatic heterocycles. The SMILES string of the molecule is CCC(C(=O)N(C)CCC(C)O)c1ccc(OC)cc1. The Kier molecular flexibility index (Phi) is 6.52. The molecule has 0 aliphatic carbocycles. The predicted octanol–water partition coefficient (Wildman–Crippen LogP) is 2.42. The van der Waals surface area contributed by atoms with Gasteiger partial charge < -0.3 is 14.7 Å². The molecular formula is C16H25NO3. The Morgan fingerprint density at radius 2 is 1.95 bits per heavy atom. The Hall–Kier alpha value is -1.55. The molecule has 0 radical (unpaired) electrons. The molecule has 2 unspecified atom stereocenters. The molecule has 1 amide bonds. The van der Waals surface area contributed by atoms with Gasteiger partial charge in [-0.2, -0.15) is 0 Å². The first-order chi connectivity index (χ1) is 9.49. The van der Waals surface area contributed by atoms with Gasteiger partial charge in [-0.1, -0.05) is 19.1 Å². The van der Waals surface area contributed by atoms with Gasteiger partial charge in [0, 0.05) is 13.6 Å². The fourth-order valence-corrected chi connectivity index (χ4v) is 2.15. The minimum Gasteiger partial charge on any atom is -0.497 e. The first kappa shape index (κ1) is 16.5. The van der Waals surface area contributed by atoms with Crippen LogP contribution in [0.2, 0.25) is 0 Å². The number of likely N-dealkylation sites (N-methyl/N-ethyl adjacent to an activating group) is 1. The van der Waals surface area contributed by atoms with Crippen molar-refractivity contribution in [3.05, 3.63) is 29.8 Å². The van der Waals surface area contributed by atoms with E-state index in [-0.39, 0.29) is 17.9 Å². The molecule has 4 heteroatoms. The highest BCUT2D eigenvalue weighted by atomic mass is 16.5. The van der Waals surface area contributed by atoms with Gasteiger partial charge in [-0.3, -0.25) is 4.79 Å². The third-order valence-corrected chi connectivity index (χ3v) is 3.48. The molecule has 1 rings (SSSR count). The van der Waals surface area contributed by atoms with Crippen molar-refractivity contribution >= 4 is 5.91 Å². The summed E-state index contributed by atoms with van der Waals surface area (Å²) < 4.78 is 5.13. The Balaban J connectivity index is 2.75. The quantitative estimate of drug-likeness (QED) is 0.834. The van der Waals surface area contributed by atoms with Crippen LogP contribution in [0, 0.1) is 0 Å². The summed E-state index contributed by atoms with van der Waals surface area (Å²) >= 11 is 0. The van der Waals surface area contributed by atoms with Crippen molar-refractivity contribution in [3.8, 4) is 5.75 Å². The lowest BCUT2D eigenvalue weighted by Gasteiger charge is -2.24. The van der Waals surface area contributed by atoms with Crippen LogP contribution in [0.25, 0.3) is 0 Å². The van der Waals surface area contributed by atoms with Crippen molar-refractivity contribution in [2.24, 2.45) is 0 Å². The molecule has 0 bridgehead atoms. The Bertz CT molecular complexity index is 414. The van der Waals surface area contributed by atoms with Gasteiger partial charge in [0.15, 0.2) is 0 Å². The summed E-state index contributed by atoms with van der Waals surface area (Å²) in [6.45, 7) is 4.32. The molecule has 0 saturated heterocycles. The first-order valence-electron chi connectivity index (χ1n) is 7.06. The van der Waals surface area contributed by atoms with Crippen LogP contribution < -0.4 is 4.74 Å². The predicted molar refractivity (Wildman–Crippen MR) is 80.0 cm³/mol. The topological polar surface area (TPSA) is 49.8 Å². The summed E-state index contributed by atoms with van der Waals surface area (Å²) in [6, 6.07) is 7.63. The van der Waals surface area contributed by atoms with Crippen LogP contribution in [0.15, 0.2) is 24.3 Å². The molecule has 1 aromatic carbocycles. The van der Waals surface area contributed by atoms with Gasteiger partial charge in [0.25, 0.3) is 0 Å². The van der Waals surface area contributed by atoms with E-state index in [0.29, 0.717) is 13.0 Å². The zero-order chi connectivity index (χ0) is 15.1. The van der Waals surface area contributed by atoms with Gasteiger partial charge in [-0.25, -0.2) is 0 Å². The smallest absolute Gasteiger partial charge is 0.229 e. The fraction of sp³-hybridized carbons (Fsp3) is 0.562. The molecule has 20 heavy (non-hydrogen) atoms. The highest BCUT2D eigenvalue weighted by Crippen LogP contribution is 2.24. The molecule has 1 aromatic rings. The normalized spacial score (nSPS) is 13.7. The first-order valence-corrected chi connectivity index (χ1v) is 7.06. The van der Waals surface area contributed by atoms with E-state index in [1.165, 1.54) is 0 Å². The Morgan fingerprint density at radius 1 is 1.35 bits per heavy atom. The van der Waals surface area contributed by atoms with E-state index in [4.69, 9.17) is 4.74 Å². The molecule has 0 spiro atoms. The van der Waals surface area contributed by atoms with E-state index >= 15 is 0 Å². The molecule has 4 nitrogen and oxygen atoms in total. The second kappa shape index (κ2) is 7.90. The summed E-state index contributed by atoms with van der Waals surface area (Å²) in [6.07, 6.45) is 0.970. The molecule has 2 atom stereocenters. The Morgan fingerprint density at radius 3 is 2.40 bits per heavy atom. The third kappa shape index (κ3) is 4.53. The number of aliphatic hydroxyl groups is 1. The highest BCUT2D eigenvalue weighted by molar-refractivity contribution is 5.83. The van der Waals surface area contributed by atoms with Gasteiger partial charge in [0.05, 0.1) is 19.1 Å². The van der Waals surface area contributed by atoms with E-state index in [1.807, 2.05) is 31.2 Å². The third-order valence-electron chi connectivity index (χ3n) is 3.48. The van der Waals surface area contributed by atoms with Crippen LogP contribution in [0.1, 0.15) is 38.2 Å². The van der Waals surface area contributed by atoms with Gasteiger partial charge >= 0.3 is 0 Å². The number of rotatable bonds is 7. The summed E-state index contributed by atoms with van der Waals surface area (Å²) in [4.78, 5) is 14.2. The zero-order valence-electron chi connectivity index (χ0n) is 12.8. The van der Waals surface area contributed by atoms with Gasteiger partial charge in [-0.15, -0.1) is 0 Å². The van der Waals surface area contributed by atoms with Crippen LogP contribution in [-0.2, 0) is 4.79 Å². The minimum absolute atomic E-state index is 0.0957. The lowest BCUT2D eigenvalue weighted by Crippen LogP contribution is -2.33. The number of hydrogen-bond acceptors (Lipinski definition) is 3. The highest BCUT2D eigenvalue weighted by Gasteiger charge is 2.22. The number of amides is 1. The van der Waals surface area contributed by atoms with Gasteiger partial charge in [-0.05, 0) is 37.5 Å². The summed E-state index contributed by atoms with van der Waals surface area (Å²) in [5.74, 6) is 0.747. The lowest BCUT2D eigenvalue weighted by atomic mass is 9.95. The van der Waals surface area contributed by atoms with Crippen molar-refractivity contribution in [2.75, 3.05) is 20.7 Å². The average Bonchev–Trinajstić information content (AvgIpc) is 2.46. The summed E-state index contributed by atoms with van der Waals surface area (Å²) in [5, 5.41) is 9.30. The average molecular weight is 279 g/mol. The van der Waals surface area contributed by atoms with Crippen molar-refractivity contribution in [1.82, 2.24) is 4.90 Å². The molecule has 0 heterocycles. The molecule has 112 valence electrons. The fourth-order valence-electron chi connectivity index (χ4n) is 2.15. The monoisotopic (exact) mass is 279 g/mol. The maximum Gasteiger partial charge on any atom is 0.229 e. The summed E-state index contributed by atoms with van der Waals surface area (Å²) in [7, 11) is 3.41. The number of carbonyl (C=O) groups excluding carboxylic acids is 1. The molecule has 0 aliphatic heterocycles. The van der Waals surface area contributed by atoms with E-state index in [2.05, 4.69) is 0 Å². The van der Waals surface area contributed by atoms with Gasteiger partial charge in [0.1, 0.15) is 5.75 Å². The van der Waals surface area contributed by atoms with Crippen molar-refractivity contribution < 1.29 is 14.6 Å². The van der Waals surface area contributed by atoms with Crippen LogP contribution in [0.5, 0.6) is 5.75 Å². The summed E-state index contributed by atoms with van der Waals surface area (Å²) in [5.41, 5.74) is 1.00. The second-order valence-electron chi connectivity index (χ2n) is 5.13. The van der Waals surface area contributed by atoms with Crippen LogP contribution in [0.3, 0.4) is 0 Å². The molecular weight excluding hydrogens is 254 g/mol. The molecule has 0 fully saturated rings. The van der Waals surface area contributed by atoms with E-state index in [9.17, 15) is 9.90 Å². The number of methoxy groups -OCH3 is 1. The Labute approximate surface area is 121 Å². The molecule has 1 N–H and O–H groups in total. The standard InChI is InChI=1S/C16H25NO3/c1-5-15(13-6-8-14(20-4)9-7-13)16(19)17(3)11-10-12(2)18/h6-9,12,15,18H,5,10-11H2,1-4H3. The van der Waals surface area contributed by atoms with Crippen molar-refractivity contribution in [3.63, 3.8) is 0 Å². The number of hydrogen-bond donors (Lipinski definition) is 1. The number of nitrogens with zero attached hydrogens (tertiary/aromatic N) is 1. The van der Waals surface area contributed by atoms with Crippen LogP contribution in [-0.4, -0.2) is 42.7 Å². The molecule has 0 aliphatic rings. The van der Waals surface area contributed by atoms with Gasteiger partial charge in [0.2, 0.25) is 5.91 Å². The lowest BCUT2D eigenvalue weighted by molar-refractivity contribution is -0.131. The van der Waals surface area contributed by atoms with E-state index < -0.39 is 0 Å². The second-order valence-corrected chi connectivity index (χ2v) is 5.13. The van der Waals surface area contributed by atoms with Crippen LogP contribution in [0.4, 0.5) is 0 Å². The maximum atomic E-state index is 12.5. The van der Waals surface area contributed by atoms with Crippen LogP contribution >= 0.6 is 0 Å². The van der Waals surface area contributed by atoms with Crippen molar-refractivity contribution in [1.29, 1.82) is 0 Å². The van der Waals surface area contributed by atoms with E-state index in [1.54, 1.807) is 26.0 Å².